The number of carbonyl (C=O) groups excluding carboxylic acids is 1. The van der Waals surface area contributed by atoms with Gasteiger partial charge >= 0.3 is 6.03 Å². The van der Waals surface area contributed by atoms with E-state index in [1.807, 2.05) is 12.1 Å². The van der Waals surface area contributed by atoms with Gasteiger partial charge in [-0.15, -0.1) is 0 Å². The Kier molecular flexibility index (Phi) is 5.35. The molecule has 2 aliphatic rings. The summed E-state index contributed by atoms with van der Waals surface area (Å²) in [7, 11) is 0. The molecule has 1 aromatic carbocycles. The van der Waals surface area contributed by atoms with Crippen molar-refractivity contribution in [3.8, 4) is 11.3 Å². The summed E-state index contributed by atoms with van der Waals surface area (Å²) >= 11 is 0. The van der Waals surface area contributed by atoms with Crippen molar-refractivity contribution in [2.45, 2.75) is 19.3 Å². The first kappa shape index (κ1) is 19.3. The first-order valence-corrected chi connectivity index (χ1v) is 10.7. The molecule has 0 aliphatic carbocycles. The number of amides is 2. The van der Waals surface area contributed by atoms with Crippen LogP contribution in [0.3, 0.4) is 0 Å². The molecule has 0 atom stereocenters. The normalized spacial score (nSPS) is 15.7. The minimum atomic E-state index is -0.263. The third-order valence-corrected chi connectivity index (χ3v) is 5.66. The van der Waals surface area contributed by atoms with E-state index in [1.54, 1.807) is 17.3 Å². The molecule has 0 spiro atoms. The van der Waals surface area contributed by atoms with Crippen LogP contribution in [0.5, 0.6) is 0 Å². The molecule has 2 amide bonds. The summed E-state index contributed by atoms with van der Waals surface area (Å²) in [5.74, 6) is 1.05. The second kappa shape index (κ2) is 8.59. The van der Waals surface area contributed by atoms with Crippen LogP contribution in [0.2, 0.25) is 0 Å². The van der Waals surface area contributed by atoms with Crippen molar-refractivity contribution in [1.29, 1.82) is 0 Å². The fraction of sp³-hybridized carbons (Fsp3) is 0.304. The highest BCUT2D eigenvalue weighted by Gasteiger charge is 2.24. The van der Waals surface area contributed by atoms with Crippen LogP contribution in [0.4, 0.5) is 27.8 Å². The number of anilines is 4. The molecule has 5 rings (SSSR count). The number of hydrogen-bond donors (Lipinski definition) is 2. The molecule has 8 nitrogen and oxygen atoms in total. The number of hydrogen-bond acceptors (Lipinski definition) is 6. The standard InChI is InChI=1S/C23H25N7O/c31-23(28-21-16-24-10-11-26-21)30-14-4-9-25-20-8-7-19(27-22(20)30)17-5-3-6-18(15-17)29-12-1-2-13-29/h3,5-8,10-11,15-16,25H,1-2,4,9,12-14H2,(H,26,28,31). The Bertz CT molecular complexity index is 1070. The minimum Gasteiger partial charge on any atom is -0.382 e. The van der Waals surface area contributed by atoms with Crippen molar-refractivity contribution in [2.24, 2.45) is 0 Å². The Labute approximate surface area is 181 Å². The highest BCUT2D eigenvalue weighted by atomic mass is 16.2. The third-order valence-electron chi connectivity index (χ3n) is 5.66. The second-order valence-corrected chi connectivity index (χ2v) is 7.76. The van der Waals surface area contributed by atoms with Crippen molar-refractivity contribution < 1.29 is 4.79 Å². The largest absolute Gasteiger partial charge is 0.382 e. The number of pyridine rings is 1. The van der Waals surface area contributed by atoms with Gasteiger partial charge in [0.1, 0.15) is 0 Å². The Morgan fingerprint density at radius 1 is 1.03 bits per heavy atom. The van der Waals surface area contributed by atoms with Crippen LogP contribution < -0.4 is 20.4 Å². The van der Waals surface area contributed by atoms with Gasteiger partial charge in [-0.25, -0.2) is 14.8 Å². The van der Waals surface area contributed by atoms with E-state index in [9.17, 15) is 4.79 Å². The summed E-state index contributed by atoms with van der Waals surface area (Å²) in [5.41, 5.74) is 3.97. The lowest BCUT2D eigenvalue weighted by Crippen LogP contribution is -2.36. The summed E-state index contributed by atoms with van der Waals surface area (Å²) in [6.07, 6.45) is 7.96. The molecule has 0 radical (unpaired) electrons. The second-order valence-electron chi connectivity index (χ2n) is 7.76. The third kappa shape index (κ3) is 4.14. The van der Waals surface area contributed by atoms with Crippen LogP contribution in [0.1, 0.15) is 19.3 Å². The fourth-order valence-corrected chi connectivity index (χ4v) is 4.09. The quantitative estimate of drug-likeness (QED) is 0.673. The summed E-state index contributed by atoms with van der Waals surface area (Å²) < 4.78 is 0. The molecule has 0 unspecified atom stereocenters. The van der Waals surface area contributed by atoms with Crippen molar-refractivity contribution in [3.63, 3.8) is 0 Å². The molecule has 158 valence electrons. The van der Waals surface area contributed by atoms with Gasteiger partial charge in [0.15, 0.2) is 11.6 Å². The van der Waals surface area contributed by atoms with Crippen LogP contribution in [-0.4, -0.2) is 47.2 Å². The molecule has 0 bridgehead atoms. The number of urea groups is 1. The van der Waals surface area contributed by atoms with Crippen LogP contribution >= 0.6 is 0 Å². The molecular weight excluding hydrogens is 390 g/mol. The Hall–Kier alpha value is -3.68. The number of benzene rings is 1. The highest BCUT2D eigenvalue weighted by Crippen LogP contribution is 2.32. The number of aromatic nitrogens is 3. The van der Waals surface area contributed by atoms with Crippen molar-refractivity contribution in [1.82, 2.24) is 15.0 Å². The average Bonchev–Trinajstić information content (AvgIpc) is 3.27. The van der Waals surface area contributed by atoms with E-state index >= 15 is 0 Å². The lowest BCUT2D eigenvalue weighted by molar-refractivity contribution is 0.256. The van der Waals surface area contributed by atoms with Crippen LogP contribution in [-0.2, 0) is 0 Å². The van der Waals surface area contributed by atoms with Crippen molar-refractivity contribution in [3.05, 3.63) is 55.0 Å². The molecule has 8 heteroatoms. The van der Waals surface area contributed by atoms with Crippen LogP contribution in [0.15, 0.2) is 55.0 Å². The maximum absolute atomic E-state index is 13.0. The van der Waals surface area contributed by atoms with Gasteiger partial charge in [-0.2, -0.15) is 0 Å². The van der Waals surface area contributed by atoms with Gasteiger partial charge in [0.25, 0.3) is 0 Å². The fourth-order valence-electron chi connectivity index (χ4n) is 4.09. The van der Waals surface area contributed by atoms with E-state index in [-0.39, 0.29) is 6.03 Å². The number of fused-ring (bicyclic) bond motifs is 1. The predicted octanol–water partition coefficient (Wildman–Crippen LogP) is 3.99. The molecule has 2 N–H and O–H groups in total. The van der Waals surface area contributed by atoms with Crippen molar-refractivity contribution >= 4 is 29.0 Å². The van der Waals surface area contributed by atoms with Gasteiger partial charge in [0.05, 0.1) is 17.6 Å². The van der Waals surface area contributed by atoms with Gasteiger partial charge in [0, 0.05) is 49.8 Å². The molecule has 3 aromatic rings. The number of nitrogens with zero attached hydrogens (tertiary/aromatic N) is 5. The lowest BCUT2D eigenvalue weighted by Gasteiger charge is -2.22. The summed E-state index contributed by atoms with van der Waals surface area (Å²) in [6, 6.07) is 12.2. The van der Waals surface area contributed by atoms with Gasteiger partial charge in [-0.3, -0.25) is 15.2 Å². The average molecular weight is 416 g/mol. The predicted molar refractivity (Wildman–Crippen MR) is 123 cm³/mol. The van der Waals surface area contributed by atoms with E-state index in [2.05, 4.69) is 49.8 Å². The van der Waals surface area contributed by atoms with Crippen molar-refractivity contribution in [2.75, 3.05) is 46.6 Å². The van der Waals surface area contributed by atoms with E-state index in [0.717, 1.165) is 43.0 Å². The van der Waals surface area contributed by atoms with Gasteiger partial charge in [-0.05, 0) is 43.5 Å². The molecule has 1 saturated heterocycles. The molecule has 2 aromatic heterocycles. The Morgan fingerprint density at radius 2 is 1.94 bits per heavy atom. The first-order valence-electron chi connectivity index (χ1n) is 10.7. The summed E-state index contributed by atoms with van der Waals surface area (Å²) in [4.78, 5) is 30.2. The van der Waals surface area contributed by atoms with E-state index < -0.39 is 0 Å². The van der Waals surface area contributed by atoms with Crippen LogP contribution in [0.25, 0.3) is 11.3 Å². The summed E-state index contributed by atoms with van der Waals surface area (Å²) in [6.45, 7) is 3.55. The molecular formula is C23H25N7O. The molecule has 31 heavy (non-hydrogen) atoms. The topological polar surface area (TPSA) is 86.3 Å². The summed E-state index contributed by atoms with van der Waals surface area (Å²) in [5, 5.41) is 6.21. The first-order chi connectivity index (χ1) is 15.3. The molecule has 1 fully saturated rings. The minimum absolute atomic E-state index is 0.263. The molecule has 0 saturated carbocycles. The molecule has 2 aliphatic heterocycles. The SMILES string of the molecule is O=C(Nc1cnccn1)N1CCCNc2ccc(-c3cccc(N4CCCC4)c3)nc21. The zero-order chi connectivity index (χ0) is 21.0. The zero-order valence-corrected chi connectivity index (χ0v) is 17.3. The number of carbonyl (C=O) groups is 1. The van der Waals surface area contributed by atoms with Gasteiger partial charge < -0.3 is 10.2 Å². The van der Waals surface area contributed by atoms with E-state index in [0.29, 0.717) is 18.2 Å². The molecule has 4 heterocycles. The monoisotopic (exact) mass is 415 g/mol. The number of rotatable bonds is 3. The Morgan fingerprint density at radius 3 is 2.77 bits per heavy atom. The maximum atomic E-state index is 13.0. The zero-order valence-electron chi connectivity index (χ0n) is 17.3. The smallest absolute Gasteiger partial charge is 0.328 e. The number of nitrogens with one attached hydrogen (secondary N) is 2. The Balaban J connectivity index is 1.46. The maximum Gasteiger partial charge on any atom is 0.328 e. The lowest BCUT2D eigenvalue weighted by atomic mass is 10.1. The highest BCUT2D eigenvalue weighted by molar-refractivity contribution is 6.02. The van der Waals surface area contributed by atoms with Crippen LogP contribution in [0, 0.1) is 0 Å². The van der Waals surface area contributed by atoms with E-state index in [1.165, 1.54) is 24.7 Å². The van der Waals surface area contributed by atoms with Gasteiger partial charge in [-0.1, -0.05) is 12.1 Å². The van der Waals surface area contributed by atoms with E-state index in [4.69, 9.17) is 4.98 Å². The van der Waals surface area contributed by atoms with Gasteiger partial charge in [0.2, 0.25) is 0 Å².